The second-order valence-corrected chi connectivity index (χ2v) is 6.59. The van der Waals surface area contributed by atoms with Gasteiger partial charge in [-0.1, -0.05) is 18.2 Å². The second kappa shape index (κ2) is 4.23. The SMILES string of the molecule is FC(F)(F)c1cccc(CNC2C3C4CCC(C4)C23)c1. The van der Waals surface area contributed by atoms with Gasteiger partial charge in [0.25, 0.3) is 0 Å². The minimum absolute atomic E-state index is 0.548. The third-order valence-electron chi connectivity index (χ3n) is 5.53. The molecule has 4 unspecified atom stereocenters. The molecule has 0 aliphatic heterocycles. The van der Waals surface area contributed by atoms with Gasteiger partial charge in [0.05, 0.1) is 5.56 Å². The van der Waals surface area contributed by atoms with Gasteiger partial charge in [-0.25, -0.2) is 0 Å². The number of alkyl halides is 3. The summed E-state index contributed by atoms with van der Waals surface area (Å²) >= 11 is 0. The minimum atomic E-state index is -4.24. The van der Waals surface area contributed by atoms with Crippen LogP contribution >= 0.6 is 0 Å². The van der Waals surface area contributed by atoms with Crippen molar-refractivity contribution in [3.8, 4) is 0 Å². The van der Waals surface area contributed by atoms with Crippen molar-refractivity contribution in [2.45, 2.75) is 38.0 Å². The van der Waals surface area contributed by atoms with Crippen LogP contribution in [0, 0.1) is 23.7 Å². The Labute approximate surface area is 116 Å². The van der Waals surface area contributed by atoms with E-state index < -0.39 is 11.7 Å². The molecule has 4 rings (SSSR count). The van der Waals surface area contributed by atoms with Crippen molar-refractivity contribution in [2.75, 3.05) is 0 Å². The Balaban J connectivity index is 1.39. The van der Waals surface area contributed by atoms with Gasteiger partial charge in [0, 0.05) is 12.6 Å². The van der Waals surface area contributed by atoms with E-state index in [0.717, 1.165) is 35.3 Å². The molecular formula is C16H18F3N. The molecule has 0 aromatic heterocycles. The lowest BCUT2D eigenvalue weighted by atomic mass is 10.0. The van der Waals surface area contributed by atoms with Crippen LogP contribution in [0.25, 0.3) is 0 Å². The molecule has 1 nitrogen and oxygen atoms in total. The molecule has 0 radical (unpaired) electrons. The van der Waals surface area contributed by atoms with Gasteiger partial charge in [-0.15, -0.1) is 0 Å². The quantitative estimate of drug-likeness (QED) is 0.887. The lowest BCUT2D eigenvalue weighted by molar-refractivity contribution is -0.137. The van der Waals surface area contributed by atoms with Crippen LogP contribution in [0.2, 0.25) is 0 Å². The molecule has 3 aliphatic rings. The first kappa shape index (κ1) is 12.7. The van der Waals surface area contributed by atoms with Crippen LogP contribution in [0.5, 0.6) is 0 Å². The van der Waals surface area contributed by atoms with Crippen LogP contribution in [0.1, 0.15) is 30.4 Å². The van der Waals surface area contributed by atoms with E-state index in [9.17, 15) is 13.2 Å². The van der Waals surface area contributed by atoms with Crippen LogP contribution in [0.4, 0.5) is 13.2 Å². The van der Waals surface area contributed by atoms with E-state index in [4.69, 9.17) is 0 Å². The standard InChI is InChI=1S/C16H18F3N/c17-16(18,19)12-3-1-2-9(6-12)8-20-15-13-10-4-5-11(7-10)14(13)15/h1-3,6,10-11,13-15,20H,4-5,7-8H2. The van der Waals surface area contributed by atoms with Gasteiger partial charge >= 0.3 is 6.18 Å². The van der Waals surface area contributed by atoms with Gasteiger partial charge in [-0.2, -0.15) is 13.2 Å². The van der Waals surface area contributed by atoms with Crippen molar-refractivity contribution in [2.24, 2.45) is 23.7 Å². The molecule has 3 aliphatic carbocycles. The first-order valence-electron chi connectivity index (χ1n) is 7.43. The number of hydrogen-bond acceptors (Lipinski definition) is 1. The first-order chi connectivity index (χ1) is 9.54. The molecule has 2 bridgehead atoms. The molecule has 0 heterocycles. The molecule has 1 N–H and O–H groups in total. The fraction of sp³-hybridized carbons (Fsp3) is 0.625. The highest BCUT2D eigenvalue weighted by molar-refractivity contribution is 5.26. The van der Waals surface area contributed by atoms with Gasteiger partial charge in [0.1, 0.15) is 0 Å². The number of halogens is 3. The summed E-state index contributed by atoms with van der Waals surface area (Å²) in [5.74, 6) is 3.42. The summed E-state index contributed by atoms with van der Waals surface area (Å²) in [6, 6.07) is 6.23. The summed E-state index contributed by atoms with van der Waals surface area (Å²) in [7, 11) is 0. The Bertz CT molecular complexity index is 509. The number of nitrogens with one attached hydrogen (secondary N) is 1. The van der Waals surface area contributed by atoms with Crippen LogP contribution in [0.15, 0.2) is 24.3 Å². The summed E-state index contributed by atoms with van der Waals surface area (Å²) in [4.78, 5) is 0. The minimum Gasteiger partial charge on any atom is -0.309 e. The van der Waals surface area contributed by atoms with Crippen molar-refractivity contribution in [1.29, 1.82) is 0 Å². The summed E-state index contributed by atoms with van der Waals surface area (Å²) in [5, 5.41) is 3.49. The largest absolute Gasteiger partial charge is 0.416 e. The summed E-state index contributed by atoms with van der Waals surface area (Å²) in [6.07, 6.45) is -0.108. The molecule has 3 fully saturated rings. The average Bonchev–Trinajstić information content (AvgIpc) is 2.79. The lowest BCUT2D eigenvalue weighted by Gasteiger charge is -2.12. The Kier molecular flexibility index (Phi) is 2.69. The normalized spacial score (nSPS) is 38.0. The van der Waals surface area contributed by atoms with Gasteiger partial charge in [-0.3, -0.25) is 0 Å². The van der Waals surface area contributed by atoms with E-state index in [2.05, 4.69) is 5.32 Å². The van der Waals surface area contributed by atoms with Crippen molar-refractivity contribution < 1.29 is 13.2 Å². The maximum Gasteiger partial charge on any atom is 0.416 e. The van der Waals surface area contributed by atoms with Gasteiger partial charge in [0.15, 0.2) is 0 Å². The highest BCUT2D eigenvalue weighted by atomic mass is 19.4. The molecule has 20 heavy (non-hydrogen) atoms. The summed E-state index contributed by atoms with van der Waals surface area (Å²) in [6.45, 7) is 0.557. The molecule has 4 heteroatoms. The molecule has 0 saturated heterocycles. The number of fused-ring (bicyclic) bond motifs is 5. The van der Waals surface area contributed by atoms with Crippen molar-refractivity contribution in [3.05, 3.63) is 35.4 Å². The van der Waals surface area contributed by atoms with E-state index in [-0.39, 0.29) is 0 Å². The van der Waals surface area contributed by atoms with Crippen LogP contribution < -0.4 is 5.32 Å². The van der Waals surface area contributed by atoms with E-state index in [1.54, 1.807) is 6.07 Å². The lowest BCUT2D eigenvalue weighted by Crippen LogP contribution is -2.22. The van der Waals surface area contributed by atoms with Crippen molar-refractivity contribution >= 4 is 0 Å². The van der Waals surface area contributed by atoms with Crippen LogP contribution in [-0.2, 0) is 12.7 Å². The average molecular weight is 281 g/mol. The molecule has 1 aromatic carbocycles. The first-order valence-corrected chi connectivity index (χ1v) is 7.43. The third kappa shape index (κ3) is 1.96. The fourth-order valence-electron chi connectivity index (χ4n) is 4.69. The van der Waals surface area contributed by atoms with Crippen molar-refractivity contribution in [1.82, 2.24) is 5.32 Å². The highest BCUT2D eigenvalue weighted by Gasteiger charge is 2.64. The Hall–Kier alpha value is -1.03. The van der Waals surface area contributed by atoms with E-state index in [0.29, 0.717) is 12.6 Å². The maximum absolute atomic E-state index is 12.7. The molecular weight excluding hydrogens is 263 g/mol. The topological polar surface area (TPSA) is 12.0 Å². The zero-order valence-electron chi connectivity index (χ0n) is 11.2. The van der Waals surface area contributed by atoms with Crippen molar-refractivity contribution in [3.63, 3.8) is 0 Å². The predicted molar refractivity (Wildman–Crippen MR) is 69.9 cm³/mol. The molecule has 3 saturated carbocycles. The summed E-state index contributed by atoms with van der Waals surface area (Å²) < 4.78 is 38.0. The molecule has 4 atom stereocenters. The third-order valence-corrected chi connectivity index (χ3v) is 5.53. The Morgan fingerprint density at radius 1 is 1.10 bits per heavy atom. The molecule has 108 valence electrons. The zero-order chi connectivity index (χ0) is 13.9. The Morgan fingerprint density at radius 3 is 2.45 bits per heavy atom. The van der Waals surface area contributed by atoms with Crippen LogP contribution in [0.3, 0.4) is 0 Å². The highest BCUT2D eigenvalue weighted by Crippen LogP contribution is 2.65. The van der Waals surface area contributed by atoms with Gasteiger partial charge in [-0.05, 0) is 54.6 Å². The molecule has 0 spiro atoms. The van der Waals surface area contributed by atoms with Crippen LogP contribution in [-0.4, -0.2) is 6.04 Å². The monoisotopic (exact) mass is 281 g/mol. The molecule has 0 amide bonds. The summed E-state index contributed by atoms with van der Waals surface area (Å²) in [5.41, 5.74) is 0.185. The smallest absolute Gasteiger partial charge is 0.309 e. The number of benzene rings is 1. The van der Waals surface area contributed by atoms with E-state index in [1.807, 2.05) is 0 Å². The van der Waals surface area contributed by atoms with Gasteiger partial charge in [0.2, 0.25) is 0 Å². The molecule has 1 aromatic rings. The second-order valence-electron chi connectivity index (χ2n) is 6.59. The maximum atomic E-state index is 12.7. The fourth-order valence-corrected chi connectivity index (χ4v) is 4.69. The van der Waals surface area contributed by atoms with E-state index in [1.165, 1.54) is 31.4 Å². The number of hydrogen-bond donors (Lipinski definition) is 1. The van der Waals surface area contributed by atoms with E-state index >= 15 is 0 Å². The Morgan fingerprint density at radius 2 is 1.80 bits per heavy atom. The predicted octanol–water partition coefficient (Wildman–Crippen LogP) is 3.84. The zero-order valence-corrected chi connectivity index (χ0v) is 11.2. The van der Waals surface area contributed by atoms with Gasteiger partial charge < -0.3 is 5.32 Å². The number of rotatable bonds is 3.